The van der Waals surface area contributed by atoms with Crippen LogP contribution in [-0.2, 0) is 9.53 Å². The van der Waals surface area contributed by atoms with Gasteiger partial charge in [-0.15, -0.1) is 0 Å². The van der Waals surface area contributed by atoms with Crippen molar-refractivity contribution in [1.82, 2.24) is 4.90 Å². The Bertz CT molecular complexity index is 161. The monoisotopic (exact) mass is 205 g/mol. The second-order valence-corrected chi connectivity index (χ2v) is 3.31. The first-order chi connectivity index (χ1) is 6.56. The maximum atomic E-state index is 10.4. The number of rotatable bonds is 8. The number of carboxylic acid groups (broad SMARTS) is 1. The highest BCUT2D eigenvalue weighted by atomic mass is 16.5. The summed E-state index contributed by atoms with van der Waals surface area (Å²) >= 11 is 0. The Morgan fingerprint density at radius 3 is 2.50 bits per heavy atom. The molecule has 0 saturated carbocycles. The van der Waals surface area contributed by atoms with E-state index in [1.165, 1.54) is 0 Å². The molecule has 0 rings (SSSR count). The maximum Gasteiger partial charge on any atom is 0.317 e. The molecule has 0 fully saturated rings. The number of ether oxygens (including phenoxy) is 1. The Hall–Kier alpha value is -0.650. The minimum absolute atomic E-state index is 0.0328. The minimum Gasteiger partial charge on any atom is -0.480 e. The van der Waals surface area contributed by atoms with E-state index in [4.69, 9.17) is 14.9 Å². The molecule has 0 heterocycles. The molecule has 0 aromatic carbocycles. The molecule has 0 aromatic heterocycles. The molecule has 0 aliphatic rings. The van der Waals surface area contributed by atoms with Crippen molar-refractivity contribution < 1.29 is 19.7 Å². The van der Waals surface area contributed by atoms with Crippen molar-refractivity contribution in [2.24, 2.45) is 0 Å². The van der Waals surface area contributed by atoms with Gasteiger partial charge in [0.05, 0.1) is 25.9 Å². The van der Waals surface area contributed by atoms with Gasteiger partial charge in [0.25, 0.3) is 0 Å². The summed E-state index contributed by atoms with van der Waals surface area (Å²) in [6, 6.07) is 0. The first-order valence-corrected chi connectivity index (χ1v) is 4.73. The van der Waals surface area contributed by atoms with Gasteiger partial charge in [0.1, 0.15) is 0 Å². The summed E-state index contributed by atoms with van der Waals surface area (Å²) in [4.78, 5) is 12.1. The zero-order chi connectivity index (χ0) is 11.0. The van der Waals surface area contributed by atoms with Crippen molar-refractivity contribution in [3.8, 4) is 0 Å². The van der Waals surface area contributed by atoms with E-state index < -0.39 is 5.97 Å². The van der Waals surface area contributed by atoms with E-state index in [-0.39, 0.29) is 19.3 Å². The largest absolute Gasteiger partial charge is 0.480 e. The third kappa shape index (κ3) is 7.97. The number of hydrogen-bond acceptors (Lipinski definition) is 4. The van der Waals surface area contributed by atoms with Crippen LogP contribution in [0.2, 0.25) is 0 Å². The van der Waals surface area contributed by atoms with E-state index in [9.17, 15) is 4.79 Å². The maximum absolute atomic E-state index is 10.4. The van der Waals surface area contributed by atoms with Crippen LogP contribution in [0.5, 0.6) is 0 Å². The lowest BCUT2D eigenvalue weighted by Gasteiger charge is -2.19. The average molecular weight is 205 g/mol. The molecule has 0 amide bonds. The lowest BCUT2D eigenvalue weighted by molar-refractivity contribution is -0.138. The summed E-state index contributed by atoms with van der Waals surface area (Å²) in [5.41, 5.74) is 0. The van der Waals surface area contributed by atoms with Gasteiger partial charge in [0, 0.05) is 13.1 Å². The molecule has 0 aliphatic heterocycles. The number of carbonyl (C=O) groups is 1. The molecule has 0 aromatic rings. The molecule has 5 nitrogen and oxygen atoms in total. The topological polar surface area (TPSA) is 70.0 Å². The SMILES string of the molecule is CC(C)OCCN(CCO)CC(=O)O. The Morgan fingerprint density at radius 1 is 1.43 bits per heavy atom. The van der Waals surface area contributed by atoms with Gasteiger partial charge in [0.15, 0.2) is 0 Å². The van der Waals surface area contributed by atoms with Gasteiger partial charge in [0.2, 0.25) is 0 Å². The molecule has 2 N–H and O–H groups in total. The highest BCUT2D eigenvalue weighted by Gasteiger charge is 2.08. The van der Waals surface area contributed by atoms with Crippen molar-refractivity contribution >= 4 is 5.97 Å². The van der Waals surface area contributed by atoms with E-state index in [2.05, 4.69) is 0 Å². The van der Waals surface area contributed by atoms with Gasteiger partial charge in [-0.3, -0.25) is 9.69 Å². The highest BCUT2D eigenvalue weighted by molar-refractivity contribution is 5.69. The van der Waals surface area contributed by atoms with Gasteiger partial charge < -0.3 is 14.9 Å². The number of hydrogen-bond donors (Lipinski definition) is 2. The standard InChI is InChI=1S/C9H19NO4/c1-8(2)14-6-4-10(3-5-11)7-9(12)13/h8,11H,3-7H2,1-2H3,(H,12,13). The Kier molecular flexibility index (Phi) is 7.37. The van der Waals surface area contributed by atoms with Crippen LogP contribution in [0.25, 0.3) is 0 Å². The fraction of sp³-hybridized carbons (Fsp3) is 0.889. The van der Waals surface area contributed by atoms with Crippen LogP contribution >= 0.6 is 0 Å². The van der Waals surface area contributed by atoms with E-state index in [0.717, 1.165) is 0 Å². The Morgan fingerprint density at radius 2 is 2.07 bits per heavy atom. The summed E-state index contributed by atoms with van der Waals surface area (Å²) in [5.74, 6) is -0.886. The fourth-order valence-electron chi connectivity index (χ4n) is 1.02. The van der Waals surface area contributed by atoms with Crippen molar-refractivity contribution in [3.63, 3.8) is 0 Å². The fourth-order valence-corrected chi connectivity index (χ4v) is 1.02. The van der Waals surface area contributed by atoms with E-state index in [0.29, 0.717) is 19.7 Å². The van der Waals surface area contributed by atoms with Crippen molar-refractivity contribution in [2.75, 3.05) is 32.8 Å². The Balaban J connectivity index is 3.67. The predicted molar refractivity (Wildman–Crippen MR) is 52.2 cm³/mol. The first kappa shape index (κ1) is 13.4. The quantitative estimate of drug-likeness (QED) is 0.574. The number of aliphatic hydroxyl groups is 1. The van der Waals surface area contributed by atoms with Crippen LogP contribution in [0, 0.1) is 0 Å². The van der Waals surface area contributed by atoms with E-state index in [1.54, 1.807) is 4.90 Å². The molecule has 0 bridgehead atoms. The molecule has 0 radical (unpaired) electrons. The van der Waals surface area contributed by atoms with Crippen LogP contribution in [0.3, 0.4) is 0 Å². The molecule has 0 spiro atoms. The van der Waals surface area contributed by atoms with Crippen LogP contribution in [0.1, 0.15) is 13.8 Å². The second-order valence-electron chi connectivity index (χ2n) is 3.31. The molecule has 0 atom stereocenters. The normalized spacial score (nSPS) is 11.2. The predicted octanol–water partition coefficient (Wildman–Crippen LogP) is -0.210. The Labute approximate surface area is 84.3 Å². The third-order valence-corrected chi connectivity index (χ3v) is 1.63. The molecule has 0 aliphatic carbocycles. The molecule has 14 heavy (non-hydrogen) atoms. The summed E-state index contributed by atoms with van der Waals surface area (Å²) in [7, 11) is 0. The van der Waals surface area contributed by atoms with Gasteiger partial charge in [-0.25, -0.2) is 0 Å². The summed E-state index contributed by atoms with van der Waals surface area (Å²) in [6.07, 6.45) is 0.149. The minimum atomic E-state index is -0.886. The third-order valence-electron chi connectivity index (χ3n) is 1.63. The molecule has 0 saturated heterocycles. The lowest BCUT2D eigenvalue weighted by Crippen LogP contribution is -2.35. The molecule has 5 heteroatoms. The zero-order valence-electron chi connectivity index (χ0n) is 8.77. The summed E-state index contributed by atoms with van der Waals surface area (Å²) in [6.45, 7) is 5.15. The molecular weight excluding hydrogens is 186 g/mol. The van der Waals surface area contributed by atoms with Gasteiger partial charge in [-0.2, -0.15) is 0 Å². The van der Waals surface area contributed by atoms with Crippen molar-refractivity contribution in [3.05, 3.63) is 0 Å². The molecule has 0 unspecified atom stereocenters. The number of carboxylic acids is 1. The van der Waals surface area contributed by atoms with Crippen LogP contribution in [0.4, 0.5) is 0 Å². The van der Waals surface area contributed by atoms with Crippen molar-refractivity contribution in [2.45, 2.75) is 20.0 Å². The van der Waals surface area contributed by atoms with Crippen LogP contribution in [-0.4, -0.2) is 60.0 Å². The van der Waals surface area contributed by atoms with E-state index >= 15 is 0 Å². The average Bonchev–Trinajstić information content (AvgIpc) is 2.02. The number of nitrogens with zero attached hydrogens (tertiary/aromatic N) is 1. The molecule has 84 valence electrons. The summed E-state index contributed by atoms with van der Waals surface area (Å²) < 4.78 is 5.28. The summed E-state index contributed by atoms with van der Waals surface area (Å²) in [5, 5.41) is 17.2. The van der Waals surface area contributed by atoms with Crippen molar-refractivity contribution in [1.29, 1.82) is 0 Å². The number of aliphatic hydroxyl groups excluding tert-OH is 1. The highest BCUT2D eigenvalue weighted by Crippen LogP contribution is 1.91. The van der Waals surface area contributed by atoms with Gasteiger partial charge in [-0.05, 0) is 13.8 Å². The van der Waals surface area contributed by atoms with Gasteiger partial charge in [-0.1, -0.05) is 0 Å². The molecular formula is C9H19NO4. The van der Waals surface area contributed by atoms with Crippen LogP contribution in [0.15, 0.2) is 0 Å². The number of aliphatic carboxylic acids is 1. The lowest BCUT2D eigenvalue weighted by atomic mass is 10.4. The van der Waals surface area contributed by atoms with Crippen LogP contribution < -0.4 is 0 Å². The van der Waals surface area contributed by atoms with E-state index in [1.807, 2.05) is 13.8 Å². The van der Waals surface area contributed by atoms with Gasteiger partial charge >= 0.3 is 5.97 Å². The second kappa shape index (κ2) is 7.73. The zero-order valence-corrected chi connectivity index (χ0v) is 8.77. The smallest absolute Gasteiger partial charge is 0.317 e. The first-order valence-electron chi connectivity index (χ1n) is 4.73.